The minimum absolute atomic E-state index is 0.0212. The Bertz CT molecular complexity index is 813. The van der Waals surface area contributed by atoms with Crippen molar-refractivity contribution in [2.24, 2.45) is 5.10 Å². The number of nitro benzene ring substituents is 1. The summed E-state index contributed by atoms with van der Waals surface area (Å²) in [5.74, 6) is -0.771. The number of nitrogens with zero attached hydrogens (tertiary/aromatic N) is 3. The van der Waals surface area contributed by atoms with Gasteiger partial charge in [-0.05, 0) is 34.7 Å². The highest BCUT2D eigenvalue weighted by atomic mass is 127. The van der Waals surface area contributed by atoms with Gasteiger partial charge >= 0.3 is 0 Å². The van der Waals surface area contributed by atoms with E-state index in [0.717, 1.165) is 12.3 Å². The van der Waals surface area contributed by atoms with Gasteiger partial charge in [0.1, 0.15) is 10.9 Å². The maximum atomic E-state index is 11.9. The van der Waals surface area contributed by atoms with Crippen LogP contribution in [0.15, 0.2) is 35.6 Å². The molecular weight excluding hydrogens is 439 g/mol. The number of phenolic OH excluding ortho intramolecular Hbond substituents is 1. The lowest BCUT2D eigenvalue weighted by molar-refractivity contribution is -0.385. The number of benzene rings is 1. The van der Waals surface area contributed by atoms with Crippen molar-refractivity contribution in [2.45, 2.75) is 0 Å². The summed E-state index contributed by atoms with van der Waals surface area (Å²) in [6.07, 6.45) is 2.54. The fraction of sp³-hybridized carbons (Fsp3) is 0. The molecule has 8 nitrogen and oxygen atoms in total. The molecule has 1 amide bonds. The number of amides is 1. The van der Waals surface area contributed by atoms with Crippen LogP contribution >= 0.6 is 34.2 Å². The molecule has 0 bridgehead atoms. The van der Waals surface area contributed by atoms with Gasteiger partial charge in [-0.15, -0.1) is 0 Å². The molecule has 0 radical (unpaired) electrons. The summed E-state index contributed by atoms with van der Waals surface area (Å²) in [5.41, 5.74) is 2.23. The van der Waals surface area contributed by atoms with Gasteiger partial charge in [-0.25, -0.2) is 10.4 Å². The largest absolute Gasteiger partial charge is 0.506 e. The molecule has 0 aliphatic carbocycles. The molecule has 1 aromatic heterocycles. The lowest BCUT2D eigenvalue weighted by Crippen LogP contribution is -2.18. The van der Waals surface area contributed by atoms with Crippen molar-refractivity contribution in [3.63, 3.8) is 0 Å². The smallest absolute Gasteiger partial charge is 0.274 e. The topological polar surface area (TPSA) is 118 Å². The standard InChI is InChI=1S/C13H8ClIN4O4/c14-12-9(2-1-3-16-12)13(21)18-17-6-7-4-8(19(22)23)5-10(15)11(7)20/h1-6,20H,(H,18,21). The Labute approximate surface area is 148 Å². The molecule has 10 heteroatoms. The van der Waals surface area contributed by atoms with Crippen LogP contribution in [-0.2, 0) is 0 Å². The van der Waals surface area contributed by atoms with E-state index in [0.29, 0.717) is 3.57 Å². The minimum atomic E-state index is -0.598. The van der Waals surface area contributed by atoms with Crippen LogP contribution in [0, 0.1) is 13.7 Å². The maximum absolute atomic E-state index is 11.9. The third-order valence-corrected chi connectivity index (χ3v) is 3.79. The van der Waals surface area contributed by atoms with Gasteiger partial charge in [-0.2, -0.15) is 5.10 Å². The van der Waals surface area contributed by atoms with Crippen LogP contribution in [0.5, 0.6) is 5.75 Å². The molecule has 2 rings (SSSR count). The highest BCUT2D eigenvalue weighted by Crippen LogP contribution is 2.28. The van der Waals surface area contributed by atoms with Crippen molar-refractivity contribution in [3.8, 4) is 5.75 Å². The third-order valence-electron chi connectivity index (χ3n) is 2.66. The molecule has 0 unspecified atom stereocenters. The Balaban J connectivity index is 2.19. The van der Waals surface area contributed by atoms with Crippen LogP contribution in [0.4, 0.5) is 5.69 Å². The second kappa shape index (κ2) is 7.33. The van der Waals surface area contributed by atoms with E-state index in [9.17, 15) is 20.0 Å². The molecule has 1 aromatic carbocycles. The first kappa shape index (κ1) is 17.1. The quantitative estimate of drug-likeness (QED) is 0.246. The number of hydrogen-bond acceptors (Lipinski definition) is 6. The fourth-order valence-corrected chi connectivity index (χ4v) is 2.42. The second-order valence-electron chi connectivity index (χ2n) is 4.16. The number of carbonyl (C=O) groups excluding carboxylic acids is 1. The van der Waals surface area contributed by atoms with Crippen LogP contribution in [0.2, 0.25) is 5.15 Å². The molecule has 0 fully saturated rings. The number of phenols is 1. The number of nitrogens with one attached hydrogen (secondary N) is 1. The van der Waals surface area contributed by atoms with Crippen molar-refractivity contribution in [1.29, 1.82) is 0 Å². The Morgan fingerprint density at radius 2 is 2.26 bits per heavy atom. The van der Waals surface area contributed by atoms with Gasteiger partial charge in [0.05, 0.1) is 20.3 Å². The molecule has 118 valence electrons. The zero-order chi connectivity index (χ0) is 17.0. The molecule has 2 N–H and O–H groups in total. The van der Waals surface area contributed by atoms with Crippen molar-refractivity contribution in [2.75, 3.05) is 0 Å². The number of rotatable bonds is 4. The number of hydrazone groups is 1. The van der Waals surface area contributed by atoms with E-state index in [2.05, 4.69) is 15.5 Å². The Kier molecular flexibility index (Phi) is 5.45. The number of aromatic nitrogens is 1. The molecule has 0 atom stereocenters. The summed E-state index contributed by atoms with van der Waals surface area (Å²) in [7, 11) is 0. The first-order valence-corrected chi connectivity index (χ1v) is 7.46. The number of non-ortho nitro benzene ring substituents is 1. The van der Waals surface area contributed by atoms with E-state index in [1.807, 2.05) is 0 Å². The van der Waals surface area contributed by atoms with Crippen molar-refractivity contribution < 1.29 is 14.8 Å². The van der Waals surface area contributed by atoms with Crippen LogP contribution in [0.1, 0.15) is 15.9 Å². The summed E-state index contributed by atoms with van der Waals surface area (Å²) in [5, 5.41) is 24.4. The molecule has 0 saturated heterocycles. The lowest BCUT2D eigenvalue weighted by atomic mass is 10.2. The number of pyridine rings is 1. The van der Waals surface area contributed by atoms with Crippen LogP contribution in [0.3, 0.4) is 0 Å². The zero-order valence-corrected chi connectivity index (χ0v) is 14.1. The number of nitro groups is 1. The van der Waals surface area contributed by atoms with E-state index in [1.54, 1.807) is 28.7 Å². The average Bonchev–Trinajstić information content (AvgIpc) is 2.51. The Morgan fingerprint density at radius 3 is 2.91 bits per heavy atom. The fourth-order valence-electron chi connectivity index (χ4n) is 1.59. The van der Waals surface area contributed by atoms with E-state index >= 15 is 0 Å². The van der Waals surface area contributed by atoms with E-state index in [-0.39, 0.29) is 27.7 Å². The molecule has 1 heterocycles. The normalized spacial score (nSPS) is 10.7. The molecule has 2 aromatic rings. The maximum Gasteiger partial charge on any atom is 0.274 e. The first-order valence-electron chi connectivity index (χ1n) is 6.01. The summed E-state index contributed by atoms with van der Waals surface area (Å²) in [4.78, 5) is 25.8. The van der Waals surface area contributed by atoms with Gasteiger partial charge in [0.15, 0.2) is 0 Å². The average molecular weight is 447 g/mol. The van der Waals surface area contributed by atoms with E-state index < -0.39 is 10.8 Å². The van der Waals surface area contributed by atoms with Crippen LogP contribution in [-0.4, -0.2) is 27.1 Å². The molecule has 0 aliphatic rings. The Morgan fingerprint density at radius 1 is 1.52 bits per heavy atom. The van der Waals surface area contributed by atoms with Crippen molar-refractivity contribution >= 4 is 52.0 Å². The number of hydrogen-bond donors (Lipinski definition) is 2. The second-order valence-corrected chi connectivity index (χ2v) is 5.68. The van der Waals surface area contributed by atoms with Gasteiger partial charge in [0.2, 0.25) is 0 Å². The third kappa shape index (κ3) is 4.13. The Hall–Kier alpha value is -2.27. The predicted molar refractivity (Wildman–Crippen MR) is 91.8 cm³/mol. The van der Waals surface area contributed by atoms with E-state index in [4.69, 9.17) is 11.6 Å². The highest BCUT2D eigenvalue weighted by molar-refractivity contribution is 14.1. The summed E-state index contributed by atoms with van der Waals surface area (Å²) in [6.45, 7) is 0. The molecule has 23 heavy (non-hydrogen) atoms. The highest BCUT2D eigenvalue weighted by Gasteiger charge is 2.14. The lowest BCUT2D eigenvalue weighted by Gasteiger charge is -2.03. The summed E-state index contributed by atoms with van der Waals surface area (Å²) >= 11 is 7.54. The van der Waals surface area contributed by atoms with Crippen molar-refractivity contribution in [1.82, 2.24) is 10.4 Å². The molecular formula is C13H8ClIN4O4. The van der Waals surface area contributed by atoms with Gasteiger partial charge in [0, 0.05) is 23.9 Å². The number of carbonyl (C=O) groups is 1. The minimum Gasteiger partial charge on any atom is -0.506 e. The SMILES string of the molecule is O=C(NN=Cc1cc([N+](=O)[O-])cc(I)c1O)c1cccnc1Cl. The predicted octanol–water partition coefficient (Wildman–Crippen LogP) is 2.72. The van der Waals surface area contributed by atoms with E-state index in [1.165, 1.54) is 18.3 Å². The van der Waals surface area contributed by atoms with Crippen molar-refractivity contribution in [3.05, 3.63) is 60.4 Å². The number of aromatic hydroxyl groups is 1. The molecule has 0 spiro atoms. The van der Waals surface area contributed by atoms with Gasteiger partial charge in [-0.3, -0.25) is 14.9 Å². The number of halogens is 2. The summed E-state index contributed by atoms with van der Waals surface area (Å²) in [6, 6.07) is 5.37. The first-order chi connectivity index (χ1) is 10.9. The zero-order valence-electron chi connectivity index (χ0n) is 11.2. The van der Waals surface area contributed by atoms with Gasteiger partial charge < -0.3 is 5.11 Å². The molecule has 0 aliphatic heterocycles. The summed E-state index contributed by atoms with van der Waals surface area (Å²) < 4.78 is 0.292. The monoisotopic (exact) mass is 446 g/mol. The van der Waals surface area contributed by atoms with Gasteiger partial charge in [0.25, 0.3) is 11.6 Å². The van der Waals surface area contributed by atoms with Crippen LogP contribution in [0.25, 0.3) is 0 Å². The van der Waals surface area contributed by atoms with Gasteiger partial charge in [-0.1, -0.05) is 11.6 Å². The van der Waals surface area contributed by atoms with Crippen LogP contribution < -0.4 is 5.43 Å². The molecule has 0 saturated carbocycles.